The molecule has 1 aliphatic rings. The van der Waals surface area contributed by atoms with E-state index in [1.807, 2.05) is 0 Å². The van der Waals surface area contributed by atoms with Crippen LogP contribution in [0.1, 0.15) is 22.8 Å². The fraction of sp³-hybridized carbons (Fsp3) is 0.136. The molecule has 1 aliphatic heterocycles. The van der Waals surface area contributed by atoms with E-state index in [-0.39, 0.29) is 16.8 Å². The quantitative estimate of drug-likeness (QED) is 0.536. The van der Waals surface area contributed by atoms with Crippen molar-refractivity contribution in [3.63, 3.8) is 0 Å². The van der Waals surface area contributed by atoms with Crippen LogP contribution in [0.25, 0.3) is 0 Å². The van der Waals surface area contributed by atoms with Crippen LogP contribution in [0.5, 0.6) is 0 Å². The minimum atomic E-state index is -3.87. The summed E-state index contributed by atoms with van der Waals surface area (Å²) in [6, 6.07) is 14.0. The third kappa shape index (κ3) is 4.13. The molecule has 160 valence electrons. The molecule has 0 aromatic heterocycles. The molecule has 1 amide bonds. The van der Waals surface area contributed by atoms with Crippen molar-refractivity contribution in [3.8, 4) is 0 Å². The predicted octanol–water partition coefficient (Wildman–Crippen LogP) is 5.52. The summed E-state index contributed by atoms with van der Waals surface area (Å²) in [7, 11) is -3.87. The second-order valence-electron chi connectivity index (χ2n) is 7.23. The minimum absolute atomic E-state index is 0.00722. The number of fused-ring (bicyclic) bond motifs is 1. The maximum absolute atomic E-state index is 13.2. The van der Waals surface area contributed by atoms with Crippen LogP contribution in [-0.2, 0) is 16.4 Å². The first kappa shape index (κ1) is 21.6. The Kier molecular flexibility index (Phi) is 5.68. The molecule has 1 heterocycles. The van der Waals surface area contributed by atoms with E-state index in [0.717, 1.165) is 17.7 Å². The Labute approximate surface area is 189 Å². The third-order valence-electron chi connectivity index (χ3n) is 5.04. The van der Waals surface area contributed by atoms with Gasteiger partial charge in [0.2, 0.25) is 0 Å². The molecule has 0 saturated carbocycles. The highest BCUT2D eigenvalue weighted by Gasteiger charge is 2.36. The molecular formula is C22H17Cl2FN2O3S. The number of carbonyl (C=O) groups is 1. The van der Waals surface area contributed by atoms with Gasteiger partial charge in [0.25, 0.3) is 15.9 Å². The lowest BCUT2D eigenvalue weighted by atomic mass is 10.1. The summed E-state index contributed by atoms with van der Waals surface area (Å²) in [5, 5.41) is 3.50. The minimum Gasteiger partial charge on any atom is -0.321 e. The van der Waals surface area contributed by atoms with Crippen LogP contribution in [0, 0.1) is 5.82 Å². The zero-order valence-corrected chi connectivity index (χ0v) is 18.6. The summed E-state index contributed by atoms with van der Waals surface area (Å²) in [5.41, 5.74) is 2.02. The molecule has 5 nitrogen and oxygen atoms in total. The number of nitrogens with zero attached hydrogens (tertiary/aromatic N) is 1. The van der Waals surface area contributed by atoms with Crippen LogP contribution < -0.4 is 9.62 Å². The van der Waals surface area contributed by atoms with E-state index in [4.69, 9.17) is 23.2 Å². The smallest absolute Gasteiger partial charge is 0.264 e. The van der Waals surface area contributed by atoms with E-state index < -0.39 is 15.8 Å². The summed E-state index contributed by atoms with van der Waals surface area (Å²) < 4.78 is 40.8. The molecule has 0 unspecified atom stereocenters. The molecule has 1 N–H and O–H groups in total. The van der Waals surface area contributed by atoms with Crippen molar-refractivity contribution in [1.82, 2.24) is 0 Å². The Balaban J connectivity index is 1.63. The van der Waals surface area contributed by atoms with Crippen LogP contribution in [0.2, 0.25) is 10.0 Å². The van der Waals surface area contributed by atoms with Gasteiger partial charge in [0.1, 0.15) is 5.82 Å². The van der Waals surface area contributed by atoms with Crippen LogP contribution in [-0.4, -0.2) is 20.4 Å². The van der Waals surface area contributed by atoms with Crippen LogP contribution in [0.3, 0.4) is 0 Å². The summed E-state index contributed by atoms with van der Waals surface area (Å²) in [6.07, 6.45) is 0.443. The number of rotatable bonds is 4. The summed E-state index contributed by atoms with van der Waals surface area (Å²) in [4.78, 5) is 12.7. The topological polar surface area (TPSA) is 66.5 Å². The van der Waals surface area contributed by atoms with Gasteiger partial charge in [-0.2, -0.15) is 0 Å². The number of nitrogens with one attached hydrogen (secondary N) is 1. The standard InChI is InChI=1S/C22H17Cl2FN2O3S/c1-13-10-15-11-14(22(28)26-20-8-3-16(23)12-19(20)24)2-9-21(15)27(13)31(29,30)18-6-4-17(25)5-7-18/h2-9,11-13H,10H2,1H3,(H,26,28)/t13-/m1/s1. The number of amides is 1. The molecule has 0 radical (unpaired) electrons. The highest BCUT2D eigenvalue weighted by atomic mass is 35.5. The van der Waals surface area contributed by atoms with Gasteiger partial charge in [-0.05, 0) is 79.6 Å². The lowest BCUT2D eigenvalue weighted by Gasteiger charge is -2.24. The molecule has 0 saturated heterocycles. The van der Waals surface area contributed by atoms with Crippen molar-refractivity contribution >= 4 is 50.5 Å². The van der Waals surface area contributed by atoms with Gasteiger partial charge in [0.15, 0.2) is 0 Å². The van der Waals surface area contributed by atoms with E-state index in [2.05, 4.69) is 5.32 Å². The number of carbonyl (C=O) groups excluding carboxylic acids is 1. The maximum Gasteiger partial charge on any atom is 0.264 e. The van der Waals surface area contributed by atoms with Crippen LogP contribution >= 0.6 is 23.2 Å². The first-order valence-electron chi connectivity index (χ1n) is 9.36. The molecule has 1 atom stereocenters. The van der Waals surface area contributed by atoms with Gasteiger partial charge in [0, 0.05) is 16.6 Å². The average molecular weight is 479 g/mol. The van der Waals surface area contributed by atoms with Crippen molar-refractivity contribution in [2.75, 3.05) is 9.62 Å². The van der Waals surface area contributed by atoms with Crippen LogP contribution in [0.4, 0.5) is 15.8 Å². The van der Waals surface area contributed by atoms with E-state index in [9.17, 15) is 17.6 Å². The average Bonchev–Trinajstić information content (AvgIpc) is 3.06. The van der Waals surface area contributed by atoms with Crippen LogP contribution in [0.15, 0.2) is 65.6 Å². The van der Waals surface area contributed by atoms with Crippen molar-refractivity contribution in [2.24, 2.45) is 0 Å². The van der Waals surface area contributed by atoms with Crippen molar-refractivity contribution in [1.29, 1.82) is 0 Å². The third-order valence-corrected chi connectivity index (χ3v) is 7.53. The first-order chi connectivity index (χ1) is 14.7. The fourth-order valence-electron chi connectivity index (χ4n) is 3.62. The van der Waals surface area contributed by atoms with Gasteiger partial charge >= 0.3 is 0 Å². The molecular weight excluding hydrogens is 462 g/mol. The fourth-order valence-corrected chi connectivity index (χ4v) is 5.76. The second-order valence-corrected chi connectivity index (χ2v) is 9.89. The number of hydrogen-bond acceptors (Lipinski definition) is 3. The molecule has 0 bridgehead atoms. The summed E-state index contributed by atoms with van der Waals surface area (Å²) >= 11 is 12.0. The van der Waals surface area contributed by atoms with Gasteiger partial charge in [0.05, 0.1) is 21.3 Å². The van der Waals surface area contributed by atoms with E-state index in [0.29, 0.717) is 33.4 Å². The van der Waals surface area contributed by atoms with E-state index in [1.54, 1.807) is 37.3 Å². The number of hydrogen-bond donors (Lipinski definition) is 1. The molecule has 3 aromatic carbocycles. The Bertz CT molecular complexity index is 1280. The highest BCUT2D eigenvalue weighted by molar-refractivity contribution is 7.92. The van der Waals surface area contributed by atoms with Gasteiger partial charge in [-0.15, -0.1) is 0 Å². The van der Waals surface area contributed by atoms with Gasteiger partial charge in [-0.1, -0.05) is 23.2 Å². The van der Waals surface area contributed by atoms with Crippen molar-refractivity contribution in [3.05, 3.63) is 87.7 Å². The molecule has 3 aromatic rings. The monoisotopic (exact) mass is 478 g/mol. The molecule has 0 fully saturated rings. The lowest BCUT2D eigenvalue weighted by molar-refractivity contribution is 0.102. The van der Waals surface area contributed by atoms with Crippen molar-refractivity contribution in [2.45, 2.75) is 24.3 Å². The SMILES string of the molecule is C[C@@H]1Cc2cc(C(=O)Nc3ccc(Cl)cc3Cl)ccc2N1S(=O)(=O)c1ccc(F)cc1. The largest absolute Gasteiger partial charge is 0.321 e. The lowest BCUT2D eigenvalue weighted by Crippen LogP contribution is -2.35. The number of benzene rings is 3. The number of halogens is 3. The number of sulfonamides is 1. The van der Waals surface area contributed by atoms with Gasteiger partial charge in [-0.3, -0.25) is 9.10 Å². The Morgan fingerprint density at radius 2 is 1.77 bits per heavy atom. The Hall–Kier alpha value is -2.61. The zero-order chi connectivity index (χ0) is 22.3. The molecule has 4 rings (SSSR count). The Morgan fingerprint density at radius 3 is 2.45 bits per heavy atom. The summed E-state index contributed by atoms with van der Waals surface area (Å²) in [6.45, 7) is 1.79. The maximum atomic E-state index is 13.2. The zero-order valence-electron chi connectivity index (χ0n) is 16.3. The molecule has 31 heavy (non-hydrogen) atoms. The second kappa shape index (κ2) is 8.15. The van der Waals surface area contributed by atoms with E-state index in [1.165, 1.54) is 22.5 Å². The summed E-state index contributed by atoms with van der Waals surface area (Å²) in [5.74, 6) is -0.884. The predicted molar refractivity (Wildman–Crippen MR) is 120 cm³/mol. The highest BCUT2D eigenvalue weighted by Crippen LogP contribution is 2.37. The van der Waals surface area contributed by atoms with Crippen molar-refractivity contribution < 1.29 is 17.6 Å². The Morgan fingerprint density at radius 1 is 1.06 bits per heavy atom. The molecule has 0 spiro atoms. The first-order valence-corrected chi connectivity index (χ1v) is 11.6. The van der Waals surface area contributed by atoms with Gasteiger partial charge < -0.3 is 5.32 Å². The number of anilines is 2. The van der Waals surface area contributed by atoms with E-state index >= 15 is 0 Å². The molecule has 9 heteroatoms. The normalized spacial score (nSPS) is 15.6. The molecule has 0 aliphatic carbocycles. The van der Waals surface area contributed by atoms with Gasteiger partial charge in [-0.25, -0.2) is 12.8 Å².